The molecule has 1 N–H and O–H groups in total. The second kappa shape index (κ2) is 6.78. The van der Waals surface area contributed by atoms with E-state index in [4.69, 9.17) is 4.74 Å². The van der Waals surface area contributed by atoms with Gasteiger partial charge >= 0.3 is 0 Å². The number of rotatable bonds is 5. The van der Waals surface area contributed by atoms with Gasteiger partial charge in [-0.05, 0) is 29.8 Å². The second-order valence-corrected chi connectivity index (χ2v) is 5.66. The molecule has 9 heteroatoms. The van der Waals surface area contributed by atoms with Crippen molar-refractivity contribution in [2.45, 2.75) is 20.4 Å². The van der Waals surface area contributed by atoms with Crippen LogP contribution in [0.5, 0.6) is 5.75 Å². The van der Waals surface area contributed by atoms with E-state index in [9.17, 15) is 14.9 Å². The summed E-state index contributed by atoms with van der Waals surface area (Å²) in [6.07, 6.45) is 0. The molecule has 0 aliphatic heterocycles. The Kier molecular flexibility index (Phi) is 4.99. The molecule has 23 heavy (non-hydrogen) atoms. The van der Waals surface area contributed by atoms with Crippen molar-refractivity contribution in [3.05, 3.63) is 44.2 Å². The third-order valence-electron chi connectivity index (χ3n) is 3.21. The average molecular weight is 383 g/mol. The average Bonchev–Trinajstić information content (AvgIpc) is 2.73. The zero-order chi connectivity index (χ0) is 17.1. The van der Waals surface area contributed by atoms with Gasteiger partial charge in [0.15, 0.2) is 0 Å². The number of halogens is 1. The maximum Gasteiger partial charge on any atom is 0.275 e. The van der Waals surface area contributed by atoms with Crippen molar-refractivity contribution in [2.75, 3.05) is 12.4 Å². The first kappa shape index (κ1) is 16.9. The van der Waals surface area contributed by atoms with E-state index in [1.807, 2.05) is 13.8 Å². The molecular formula is C14H15BrN4O4. The molecule has 0 bridgehead atoms. The molecule has 1 heterocycles. The summed E-state index contributed by atoms with van der Waals surface area (Å²) in [5.74, 6) is -0.0472. The molecule has 0 saturated carbocycles. The third kappa shape index (κ3) is 3.86. The van der Waals surface area contributed by atoms with Gasteiger partial charge in [0.1, 0.15) is 12.3 Å². The highest BCUT2D eigenvalue weighted by atomic mass is 79.9. The number of nitro groups is 1. The fourth-order valence-corrected chi connectivity index (χ4v) is 2.33. The molecule has 0 fully saturated rings. The van der Waals surface area contributed by atoms with Crippen LogP contribution in [-0.2, 0) is 11.3 Å². The Balaban J connectivity index is 2.18. The van der Waals surface area contributed by atoms with Crippen molar-refractivity contribution in [2.24, 2.45) is 0 Å². The molecule has 1 amide bonds. The Hall–Kier alpha value is -2.42. The lowest BCUT2D eigenvalue weighted by atomic mass is 10.2. The van der Waals surface area contributed by atoms with Crippen LogP contribution in [0, 0.1) is 24.0 Å². The molecule has 0 unspecified atom stereocenters. The molecule has 2 aromatic rings. The lowest BCUT2D eigenvalue weighted by Gasteiger charge is -2.08. The van der Waals surface area contributed by atoms with Gasteiger partial charge in [-0.25, -0.2) is 0 Å². The molecule has 0 spiro atoms. The van der Waals surface area contributed by atoms with Gasteiger partial charge in [0.05, 0.1) is 39.6 Å². The number of methoxy groups -OCH3 is 1. The Bertz CT molecular complexity index is 772. The molecule has 1 aromatic heterocycles. The molecule has 0 saturated heterocycles. The standard InChI is InChI=1S/C14H15BrN4O4/c1-8-14(15)9(2)18(17-8)7-13(20)16-10-4-11(19(21)22)6-12(5-10)23-3/h4-6H,7H2,1-3H3,(H,16,20). The highest BCUT2D eigenvalue weighted by Crippen LogP contribution is 2.26. The first-order valence-corrected chi connectivity index (χ1v) is 7.44. The van der Waals surface area contributed by atoms with E-state index in [-0.39, 0.29) is 18.1 Å². The number of nitrogens with zero attached hydrogens (tertiary/aromatic N) is 3. The van der Waals surface area contributed by atoms with E-state index in [2.05, 4.69) is 26.3 Å². The number of nitrogens with one attached hydrogen (secondary N) is 1. The van der Waals surface area contributed by atoms with Crippen LogP contribution >= 0.6 is 15.9 Å². The highest BCUT2D eigenvalue weighted by Gasteiger charge is 2.14. The molecule has 0 aliphatic rings. The van der Waals surface area contributed by atoms with Gasteiger partial charge in [-0.1, -0.05) is 0 Å². The monoisotopic (exact) mass is 382 g/mol. The Labute approximate surface area is 140 Å². The number of aryl methyl sites for hydroxylation is 1. The van der Waals surface area contributed by atoms with Crippen molar-refractivity contribution >= 4 is 33.2 Å². The fraction of sp³-hybridized carbons (Fsp3) is 0.286. The normalized spacial score (nSPS) is 10.4. The molecule has 0 atom stereocenters. The number of carbonyl (C=O) groups excluding carboxylic acids is 1. The second-order valence-electron chi connectivity index (χ2n) is 4.87. The summed E-state index contributed by atoms with van der Waals surface area (Å²) >= 11 is 3.39. The maximum atomic E-state index is 12.1. The molecule has 0 aliphatic carbocycles. The number of anilines is 1. The Morgan fingerprint density at radius 1 is 1.43 bits per heavy atom. The van der Waals surface area contributed by atoms with Crippen molar-refractivity contribution in [3.8, 4) is 5.75 Å². The number of ether oxygens (including phenoxy) is 1. The van der Waals surface area contributed by atoms with Gasteiger partial charge in [-0.2, -0.15) is 5.10 Å². The lowest BCUT2D eigenvalue weighted by molar-refractivity contribution is -0.384. The van der Waals surface area contributed by atoms with Crippen LogP contribution in [0.25, 0.3) is 0 Å². The minimum absolute atomic E-state index is 0.00325. The van der Waals surface area contributed by atoms with E-state index in [0.29, 0.717) is 11.4 Å². The molecule has 2 rings (SSSR count). The third-order valence-corrected chi connectivity index (χ3v) is 4.36. The predicted molar refractivity (Wildman–Crippen MR) is 87.7 cm³/mol. The number of carbonyl (C=O) groups is 1. The molecule has 0 radical (unpaired) electrons. The summed E-state index contributed by atoms with van der Waals surface area (Å²) < 4.78 is 7.41. The first-order valence-electron chi connectivity index (χ1n) is 6.64. The molecule has 8 nitrogen and oxygen atoms in total. The van der Waals surface area contributed by atoms with Crippen LogP contribution in [0.1, 0.15) is 11.4 Å². The number of aromatic nitrogens is 2. The van der Waals surface area contributed by atoms with Crippen LogP contribution in [0.3, 0.4) is 0 Å². The van der Waals surface area contributed by atoms with E-state index in [0.717, 1.165) is 15.9 Å². The molecule has 122 valence electrons. The van der Waals surface area contributed by atoms with E-state index in [1.54, 1.807) is 4.68 Å². The minimum Gasteiger partial charge on any atom is -0.496 e. The maximum absolute atomic E-state index is 12.1. The van der Waals surface area contributed by atoms with Gasteiger partial charge in [0.2, 0.25) is 5.91 Å². The van der Waals surface area contributed by atoms with Gasteiger partial charge in [0, 0.05) is 12.1 Å². The molecular weight excluding hydrogens is 368 g/mol. The lowest BCUT2D eigenvalue weighted by Crippen LogP contribution is -2.20. The SMILES string of the molecule is COc1cc(NC(=O)Cn2nc(C)c(Br)c2C)cc([N+](=O)[O-])c1. The Morgan fingerprint density at radius 2 is 2.13 bits per heavy atom. The zero-order valence-electron chi connectivity index (χ0n) is 12.8. The minimum atomic E-state index is -0.545. The van der Waals surface area contributed by atoms with Crippen molar-refractivity contribution < 1.29 is 14.5 Å². The molecule has 1 aromatic carbocycles. The van der Waals surface area contributed by atoms with E-state index >= 15 is 0 Å². The smallest absolute Gasteiger partial charge is 0.275 e. The summed E-state index contributed by atoms with van der Waals surface area (Å²) in [7, 11) is 1.40. The summed E-state index contributed by atoms with van der Waals surface area (Å²) in [6, 6.07) is 4.08. The van der Waals surface area contributed by atoms with Gasteiger partial charge in [-0.15, -0.1) is 0 Å². The number of non-ortho nitro benzene ring substituents is 1. The van der Waals surface area contributed by atoms with Gasteiger partial charge in [0.25, 0.3) is 5.69 Å². The predicted octanol–water partition coefficient (Wildman–Crippen LogP) is 2.82. The van der Waals surface area contributed by atoms with Crippen LogP contribution in [0.15, 0.2) is 22.7 Å². The zero-order valence-corrected chi connectivity index (χ0v) is 14.4. The highest BCUT2D eigenvalue weighted by molar-refractivity contribution is 9.10. The topological polar surface area (TPSA) is 99.3 Å². The van der Waals surface area contributed by atoms with Gasteiger partial charge < -0.3 is 10.1 Å². The van der Waals surface area contributed by atoms with Crippen LogP contribution in [-0.4, -0.2) is 27.7 Å². The number of hydrogen-bond donors (Lipinski definition) is 1. The number of amides is 1. The number of benzene rings is 1. The van der Waals surface area contributed by atoms with E-state index in [1.165, 1.54) is 25.3 Å². The summed E-state index contributed by atoms with van der Waals surface area (Å²) in [5, 5.41) is 17.8. The summed E-state index contributed by atoms with van der Waals surface area (Å²) in [4.78, 5) is 22.5. The van der Waals surface area contributed by atoms with Gasteiger partial charge in [-0.3, -0.25) is 19.6 Å². The van der Waals surface area contributed by atoms with Crippen LogP contribution in [0.4, 0.5) is 11.4 Å². The number of nitro benzene ring substituents is 1. The number of hydrogen-bond acceptors (Lipinski definition) is 5. The van der Waals surface area contributed by atoms with E-state index < -0.39 is 4.92 Å². The Morgan fingerprint density at radius 3 is 2.65 bits per heavy atom. The summed E-state index contributed by atoms with van der Waals surface area (Å²) in [5.41, 5.74) is 1.75. The fourth-order valence-electron chi connectivity index (χ4n) is 2.04. The first-order chi connectivity index (χ1) is 10.8. The van der Waals surface area contributed by atoms with Crippen molar-refractivity contribution in [1.29, 1.82) is 0 Å². The van der Waals surface area contributed by atoms with Crippen LogP contribution < -0.4 is 10.1 Å². The van der Waals surface area contributed by atoms with Crippen molar-refractivity contribution in [1.82, 2.24) is 9.78 Å². The largest absolute Gasteiger partial charge is 0.496 e. The quantitative estimate of drug-likeness (QED) is 0.632. The van der Waals surface area contributed by atoms with Crippen LogP contribution in [0.2, 0.25) is 0 Å². The van der Waals surface area contributed by atoms with Crippen molar-refractivity contribution in [3.63, 3.8) is 0 Å². The summed E-state index contributed by atoms with van der Waals surface area (Å²) in [6.45, 7) is 3.67.